The number of hydrogen-bond donors (Lipinski definition) is 2. The quantitative estimate of drug-likeness (QED) is 0.773. The maximum Gasteiger partial charge on any atom is 0.310 e. The summed E-state index contributed by atoms with van der Waals surface area (Å²) in [7, 11) is -3.56. The summed E-state index contributed by atoms with van der Waals surface area (Å²) in [4.78, 5) is 11.2. The molecule has 6 nitrogen and oxygen atoms in total. The van der Waals surface area contributed by atoms with E-state index in [0.717, 1.165) is 0 Å². The zero-order chi connectivity index (χ0) is 14.0. The molecule has 0 radical (unpaired) electrons. The van der Waals surface area contributed by atoms with Crippen molar-refractivity contribution >= 4 is 16.2 Å². The Balaban J connectivity index is 2.74. The molecule has 0 amide bonds. The molecule has 18 heavy (non-hydrogen) atoms. The summed E-state index contributed by atoms with van der Waals surface area (Å²) in [6, 6.07) is 0. The average molecular weight is 278 g/mol. The molecule has 0 spiro atoms. The van der Waals surface area contributed by atoms with E-state index in [1.54, 1.807) is 6.92 Å². The van der Waals surface area contributed by atoms with Gasteiger partial charge < -0.3 is 5.11 Å². The lowest BCUT2D eigenvalue weighted by molar-refractivity contribution is -0.150. The highest BCUT2D eigenvalue weighted by molar-refractivity contribution is 7.87. The van der Waals surface area contributed by atoms with E-state index >= 15 is 0 Å². The smallest absolute Gasteiger partial charge is 0.310 e. The minimum Gasteiger partial charge on any atom is -0.481 e. The van der Waals surface area contributed by atoms with Gasteiger partial charge in [0.1, 0.15) is 0 Å². The first-order valence-electron chi connectivity index (χ1n) is 6.15. The van der Waals surface area contributed by atoms with Crippen molar-refractivity contribution in [2.24, 2.45) is 11.3 Å². The molecule has 1 aliphatic heterocycles. The molecule has 106 valence electrons. The topological polar surface area (TPSA) is 86.7 Å². The normalized spacial score (nSPS) is 26.4. The zero-order valence-corrected chi connectivity index (χ0v) is 12.0. The SMILES string of the molecule is CC(C)CNS(=O)(=O)N1CCCC(C)(C(=O)O)C1. The molecular weight excluding hydrogens is 256 g/mol. The first kappa shape index (κ1) is 15.4. The van der Waals surface area contributed by atoms with Gasteiger partial charge >= 0.3 is 5.97 Å². The molecule has 1 aliphatic rings. The molecular formula is C11H22N2O4S. The van der Waals surface area contributed by atoms with Crippen LogP contribution in [-0.2, 0) is 15.0 Å². The molecule has 1 atom stereocenters. The van der Waals surface area contributed by atoms with E-state index in [0.29, 0.717) is 25.9 Å². The number of nitrogens with one attached hydrogen (secondary N) is 1. The first-order chi connectivity index (χ1) is 8.17. The van der Waals surface area contributed by atoms with Gasteiger partial charge in [-0.2, -0.15) is 12.7 Å². The van der Waals surface area contributed by atoms with Crippen LogP contribution in [0.2, 0.25) is 0 Å². The van der Waals surface area contributed by atoms with E-state index in [1.165, 1.54) is 4.31 Å². The van der Waals surface area contributed by atoms with Gasteiger partial charge in [-0.1, -0.05) is 13.8 Å². The Hall–Kier alpha value is -0.660. The Morgan fingerprint density at radius 1 is 1.50 bits per heavy atom. The lowest BCUT2D eigenvalue weighted by atomic mass is 9.83. The van der Waals surface area contributed by atoms with Gasteiger partial charge in [0, 0.05) is 19.6 Å². The molecule has 2 N–H and O–H groups in total. The number of hydrogen-bond acceptors (Lipinski definition) is 3. The number of rotatable bonds is 5. The summed E-state index contributed by atoms with van der Waals surface area (Å²) in [5.41, 5.74) is -0.981. The van der Waals surface area contributed by atoms with E-state index in [1.807, 2.05) is 13.8 Å². The fourth-order valence-electron chi connectivity index (χ4n) is 1.94. The molecule has 0 bridgehead atoms. The standard InChI is InChI=1S/C11H22N2O4S/c1-9(2)7-12-18(16,17)13-6-4-5-11(3,8-13)10(14)15/h9,12H,4-8H2,1-3H3,(H,14,15). The molecule has 0 aromatic heterocycles. The fourth-order valence-corrected chi connectivity index (χ4v) is 3.49. The number of aliphatic carboxylic acids is 1. The van der Waals surface area contributed by atoms with E-state index in [2.05, 4.69) is 4.72 Å². The van der Waals surface area contributed by atoms with Crippen molar-refractivity contribution in [3.05, 3.63) is 0 Å². The largest absolute Gasteiger partial charge is 0.481 e. The Morgan fingerprint density at radius 2 is 2.11 bits per heavy atom. The van der Waals surface area contributed by atoms with Crippen LogP contribution >= 0.6 is 0 Å². The maximum atomic E-state index is 12.0. The molecule has 1 fully saturated rings. The summed E-state index contributed by atoms with van der Waals surface area (Å²) in [5.74, 6) is -0.721. The van der Waals surface area contributed by atoms with Crippen molar-refractivity contribution < 1.29 is 18.3 Å². The summed E-state index contributed by atoms with van der Waals surface area (Å²) < 4.78 is 27.8. The van der Waals surface area contributed by atoms with Crippen LogP contribution in [0.5, 0.6) is 0 Å². The Morgan fingerprint density at radius 3 is 2.61 bits per heavy atom. The highest BCUT2D eigenvalue weighted by Gasteiger charge is 2.41. The number of carboxylic acid groups (broad SMARTS) is 1. The third-order valence-electron chi connectivity index (χ3n) is 3.19. The molecule has 0 aromatic carbocycles. The summed E-state index contributed by atoms with van der Waals surface area (Å²) >= 11 is 0. The van der Waals surface area contributed by atoms with Gasteiger partial charge in [-0.05, 0) is 25.7 Å². The van der Waals surface area contributed by atoms with Crippen molar-refractivity contribution in [2.45, 2.75) is 33.6 Å². The van der Waals surface area contributed by atoms with Crippen molar-refractivity contribution in [1.82, 2.24) is 9.03 Å². The van der Waals surface area contributed by atoms with Crippen molar-refractivity contribution in [3.8, 4) is 0 Å². The van der Waals surface area contributed by atoms with Crippen molar-refractivity contribution in [1.29, 1.82) is 0 Å². The van der Waals surface area contributed by atoms with Gasteiger partial charge in [0.15, 0.2) is 0 Å². The fraction of sp³-hybridized carbons (Fsp3) is 0.909. The van der Waals surface area contributed by atoms with E-state index in [-0.39, 0.29) is 12.5 Å². The number of nitrogens with zero attached hydrogens (tertiary/aromatic N) is 1. The Labute approximate surface area is 109 Å². The maximum absolute atomic E-state index is 12.0. The molecule has 1 unspecified atom stereocenters. The monoisotopic (exact) mass is 278 g/mol. The molecule has 0 saturated carbocycles. The third-order valence-corrected chi connectivity index (χ3v) is 4.71. The van der Waals surface area contributed by atoms with E-state index in [9.17, 15) is 13.2 Å². The second-order valence-electron chi connectivity index (χ2n) is 5.55. The van der Waals surface area contributed by atoms with Gasteiger partial charge in [0.25, 0.3) is 10.2 Å². The zero-order valence-electron chi connectivity index (χ0n) is 11.1. The van der Waals surface area contributed by atoms with Crippen molar-refractivity contribution in [2.75, 3.05) is 19.6 Å². The number of carbonyl (C=O) groups is 1. The molecule has 1 saturated heterocycles. The Kier molecular flexibility index (Phi) is 4.74. The van der Waals surface area contributed by atoms with Crippen LogP contribution < -0.4 is 4.72 Å². The minimum absolute atomic E-state index is 0.0375. The van der Waals surface area contributed by atoms with Gasteiger partial charge in [-0.25, -0.2) is 4.72 Å². The van der Waals surface area contributed by atoms with E-state index in [4.69, 9.17) is 5.11 Å². The average Bonchev–Trinajstić information content (AvgIpc) is 2.26. The second-order valence-corrected chi connectivity index (χ2v) is 7.31. The number of carboxylic acids is 1. The van der Waals surface area contributed by atoms with Gasteiger partial charge in [0.2, 0.25) is 0 Å². The summed E-state index contributed by atoms with van der Waals surface area (Å²) in [5, 5.41) is 9.16. The van der Waals surface area contributed by atoms with E-state index < -0.39 is 21.6 Å². The van der Waals surface area contributed by atoms with Crippen LogP contribution in [0, 0.1) is 11.3 Å². The van der Waals surface area contributed by atoms with Crippen LogP contribution in [-0.4, -0.2) is 43.4 Å². The van der Waals surface area contributed by atoms with Crippen LogP contribution in [0.3, 0.4) is 0 Å². The van der Waals surface area contributed by atoms with Crippen LogP contribution in [0.4, 0.5) is 0 Å². The second kappa shape index (κ2) is 5.54. The molecule has 0 aliphatic carbocycles. The van der Waals surface area contributed by atoms with Crippen LogP contribution in [0.1, 0.15) is 33.6 Å². The predicted molar refractivity (Wildman–Crippen MR) is 68.3 cm³/mol. The molecule has 7 heteroatoms. The highest BCUT2D eigenvalue weighted by Crippen LogP contribution is 2.30. The first-order valence-corrected chi connectivity index (χ1v) is 7.59. The lowest BCUT2D eigenvalue weighted by Gasteiger charge is -2.36. The summed E-state index contributed by atoms with van der Waals surface area (Å²) in [6.07, 6.45) is 1.09. The van der Waals surface area contributed by atoms with Gasteiger partial charge in [-0.3, -0.25) is 4.79 Å². The Bertz CT molecular complexity index is 407. The summed E-state index contributed by atoms with van der Waals surface area (Å²) in [6.45, 7) is 6.22. The van der Waals surface area contributed by atoms with Crippen LogP contribution in [0.15, 0.2) is 0 Å². The van der Waals surface area contributed by atoms with Crippen LogP contribution in [0.25, 0.3) is 0 Å². The number of piperidine rings is 1. The molecule has 1 heterocycles. The van der Waals surface area contributed by atoms with Crippen molar-refractivity contribution in [3.63, 3.8) is 0 Å². The third kappa shape index (κ3) is 3.66. The lowest BCUT2D eigenvalue weighted by Crippen LogP contribution is -2.52. The van der Waals surface area contributed by atoms with Gasteiger partial charge in [0.05, 0.1) is 5.41 Å². The molecule has 0 aromatic rings. The minimum atomic E-state index is -3.56. The van der Waals surface area contributed by atoms with Gasteiger partial charge in [-0.15, -0.1) is 0 Å². The predicted octanol–water partition coefficient (Wildman–Crippen LogP) is 0.663. The highest BCUT2D eigenvalue weighted by atomic mass is 32.2. The molecule has 1 rings (SSSR count).